The number of aromatic nitrogens is 2. The van der Waals surface area contributed by atoms with Gasteiger partial charge < -0.3 is 5.11 Å². The van der Waals surface area contributed by atoms with Crippen LogP contribution in [0.15, 0.2) is 11.3 Å². The van der Waals surface area contributed by atoms with E-state index in [0.717, 1.165) is 0 Å². The largest absolute Gasteiger partial charge is 0.364 e. The Labute approximate surface area is 121 Å². The molecule has 1 atom stereocenters. The fourth-order valence-electron chi connectivity index (χ4n) is 1.84. The van der Waals surface area contributed by atoms with E-state index in [1.165, 1.54) is 11.6 Å². The predicted octanol–water partition coefficient (Wildman–Crippen LogP) is 1.20. The molecule has 1 aromatic heterocycles. The van der Waals surface area contributed by atoms with E-state index in [2.05, 4.69) is 10.2 Å². The first-order valence-corrected chi connectivity index (χ1v) is 6.42. The zero-order valence-electron chi connectivity index (χ0n) is 10.1. The number of hydrazone groups is 1. The molecule has 19 heavy (non-hydrogen) atoms. The Morgan fingerprint density at radius 1 is 1.63 bits per heavy atom. The third-order valence-electron chi connectivity index (χ3n) is 2.68. The van der Waals surface area contributed by atoms with Crippen molar-refractivity contribution in [2.24, 2.45) is 12.1 Å². The van der Waals surface area contributed by atoms with Crippen molar-refractivity contribution in [2.45, 2.75) is 25.5 Å². The van der Waals surface area contributed by atoms with E-state index in [0.29, 0.717) is 8.58 Å². The third kappa shape index (κ3) is 2.36. The van der Waals surface area contributed by atoms with Gasteiger partial charge in [0.15, 0.2) is 5.69 Å². The molecule has 1 aliphatic rings. The topological polar surface area (TPSA) is 70.7 Å². The van der Waals surface area contributed by atoms with Gasteiger partial charge in [-0.25, -0.2) is 8.78 Å². The SMILES string of the molecule is CC1=NN(C(=O)c2nn(C)cc2I)[C@@](O)(C(F)F)C1. The summed E-state index contributed by atoms with van der Waals surface area (Å²) in [6.45, 7) is 1.48. The third-order valence-corrected chi connectivity index (χ3v) is 3.47. The van der Waals surface area contributed by atoms with Gasteiger partial charge in [0.05, 0.1) is 3.57 Å². The smallest absolute Gasteiger partial charge is 0.298 e. The van der Waals surface area contributed by atoms with Gasteiger partial charge in [-0.15, -0.1) is 0 Å². The monoisotopic (exact) mass is 384 g/mol. The van der Waals surface area contributed by atoms with E-state index >= 15 is 0 Å². The molecule has 1 aliphatic heterocycles. The second-order valence-electron chi connectivity index (χ2n) is 4.31. The standard InChI is InChI=1S/C10H11F2IN4O2/c1-5-3-10(19,9(11)12)17(14-5)8(18)7-6(13)4-16(2)15-7/h4,9,19H,3H2,1-2H3/t10-/m0/s1. The number of rotatable bonds is 2. The highest BCUT2D eigenvalue weighted by molar-refractivity contribution is 14.1. The molecular weight excluding hydrogens is 373 g/mol. The summed E-state index contributed by atoms with van der Waals surface area (Å²) < 4.78 is 27.9. The fourth-order valence-corrected chi connectivity index (χ4v) is 2.58. The Hall–Kier alpha value is -1.10. The number of aryl methyl sites for hydroxylation is 1. The highest BCUT2D eigenvalue weighted by Crippen LogP contribution is 2.32. The van der Waals surface area contributed by atoms with Crippen molar-refractivity contribution in [3.8, 4) is 0 Å². The minimum absolute atomic E-state index is 0.0133. The number of carbonyl (C=O) groups is 1. The van der Waals surface area contributed by atoms with Gasteiger partial charge in [-0.3, -0.25) is 9.48 Å². The number of hydrogen-bond donors (Lipinski definition) is 1. The second kappa shape index (κ2) is 4.78. The van der Waals surface area contributed by atoms with E-state index in [9.17, 15) is 18.7 Å². The van der Waals surface area contributed by atoms with E-state index in [4.69, 9.17) is 0 Å². The van der Waals surface area contributed by atoms with Crippen molar-refractivity contribution < 1.29 is 18.7 Å². The zero-order chi connectivity index (χ0) is 14.4. The molecule has 0 saturated carbocycles. The first-order chi connectivity index (χ1) is 8.75. The highest BCUT2D eigenvalue weighted by Gasteiger charge is 2.51. The summed E-state index contributed by atoms with van der Waals surface area (Å²) in [4.78, 5) is 12.2. The molecule has 0 aliphatic carbocycles. The molecule has 1 amide bonds. The molecule has 9 heteroatoms. The van der Waals surface area contributed by atoms with Gasteiger partial charge in [-0.1, -0.05) is 0 Å². The Morgan fingerprint density at radius 3 is 2.74 bits per heavy atom. The maximum atomic E-state index is 13.0. The zero-order valence-corrected chi connectivity index (χ0v) is 12.3. The van der Waals surface area contributed by atoms with E-state index < -0.39 is 18.1 Å². The Kier molecular flexibility index (Phi) is 3.60. The summed E-state index contributed by atoms with van der Waals surface area (Å²) in [6.07, 6.45) is -1.92. The van der Waals surface area contributed by atoms with Gasteiger partial charge in [0.2, 0.25) is 5.72 Å². The average Bonchev–Trinajstić information content (AvgIpc) is 2.79. The Bertz CT molecular complexity index is 560. The summed E-state index contributed by atoms with van der Waals surface area (Å²) in [7, 11) is 1.61. The average molecular weight is 384 g/mol. The summed E-state index contributed by atoms with van der Waals surface area (Å²) in [5, 5.41) is 18.0. The van der Waals surface area contributed by atoms with Gasteiger partial charge in [-0.2, -0.15) is 15.2 Å². The molecule has 6 nitrogen and oxygen atoms in total. The second-order valence-corrected chi connectivity index (χ2v) is 5.47. The number of alkyl halides is 2. The molecule has 0 bridgehead atoms. The van der Waals surface area contributed by atoms with Crippen LogP contribution in [0, 0.1) is 3.57 Å². The van der Waals surface area contributed by atoms with Crippen LogP contribution in [0.4, 0.5) is 8.78 Å². The molecule has 0 fully saturated rings. The molecule has 2 rings (SSSR count). The number of carbonyl (C=O) groups excluding carboxylic acids is 1. The Morgan fingerprint density at radius 2 is 2.26 bits per heavy atom. The van der Waals surface area contributed by atoms with Gasteiger partial charge in [-0.05, 0) is 29.5 Å². The van der Waals surface area contributed by atoms with E-state index in [1.54, 1.807) is 13.2 Å². The van der Waals surface area contributed by atoms with Gasteiger partial charge >= 0.3 is 0 Å². The minimum atomic E-state index is -3.11. The molecule has 0 unspecified atom stereocenters. The predicted molar refractivity (Wildman–Crippen MR) is 70.8 cm³/mol. The molecule has 0 saturated heterocycles. The quantitative estimate of drug-likeness (QED) is 0.780. The van der Waals surface area contributed by atoms with Crippen molar-refractivity contribution in [1.29, 1.82) is 0 Å². The Balaban J connectivity index is 2.40. The molecule has 1 N–H and O–H groups in total. The normalized spacial score (nSPS) is 23.1. The summed E-state index contributed by atoms with van der Waals surface area (Å²) >= 11 is 1.87. The lowest BCUT2D eigenvalue weighted by Crippen LogP contribution is -2.51. The highest BCUT2D eigenvalue weighted by atomic mass is 127. The van der Waals surface area contributed by atoms with Crippen LogP contribution in [0.2, 0.25) is 0 Å². The number of aliphatic hydroxyl groups is 1. The van der Waals surface area contributed by atoms with Crippen LogP contribution in [0.25, 0.3) is 0 Å². The molecular formula is C10H11F2IN4O2. The molecule has 104 valence electrons. The summed E-state index contributed by atoms with van der Waals surface area (Å²) in [5.74, 6) is -0.843. The van der Waals surface area contributed by atoms with Crippen LogP contribution in [0.5, 0.6) is 0 Å². The van der Waals surface area contributed by atoms with Crippen molar-refractivity contribution >= 4 is 34.2 Å². The van der Waals surface area contributed by atoms with Crippen LogP contribution in [-0.4, -0.2) is 43.7 Å². The first kappa shape index (κ1) is 14.3. The lowest BCUT2D eigenvalue weighted by Gasteiger charge is -2.29. The molecule has 2 heterocycles. The van der Waals surface area contributed by atoms with Crippen molar-refractivity contribution in [3.63, 3.8) is 0 Å². The van der Waals surface area contributed by atoms with Crippen LogP contribution in [-0.2, 0) is 7.05 Å². The van der Waals surface area contributed by atoms with Crippen LogP contribution >= 0.6 is 22.6 Å². The molecule has 0 spiro atoms. The van der Waals surface area contributed by atoms with Gasteiger partial charge in [0.1, 0.15) is 0 Å². The van der Waals surface area contributed by atoms with E-state index in [-0.39, 0.29) is 17.8 Å². The van der Waals surface area contributed by atoms with Crippen LogP contribution in [0.3, 0.4) is 0 Å². The maximum absolute atomic E-state index is 13.0. The summed E-state index contributed by atoms with van der Waals surface area (Å²) in [6, 6.07) is 0. The lowest BCUT2D eigenvalue weighted by atomic mass is 10.1. The molecule has 0 aromatic carbocycles. The molecule has 1 aromatic rings. The van der Waals surface area contributed by atoms with Crippen LogP contribution in [0.1, 0.15) is 23.8 Å². The fraction of sp³-hybridized carbons (Fsp3) is 0.500. The van der Waals surface area contributed by atoms with Crippen LogP contribution < -0.4 is 0 Å². The van der Waals surface area contributed by atoms with Gasteiger partial charge in [0.25, 0.3) is 12.3 Å². The number of nitrogens with zero attached hydrogens (tertiary/aromatic N) is 4. The van der Waals surface area contributed by atoms with E-state index in [1.807, 2.05) is 22.6 Å². The minimum Gasteiger partial charge on any atom is -0.364 e. The van der Waals surface area contributed by atoms with Gasteiger partial charge in [0, 0.05) is 25.4 Å². The first-order valence-electron chi connectivity index (χ1n) is 5.34. The number of halogens is 3. The maximum Gasteiger partial charge on any atom is 0.298 e. The van der Waals surface area contributed by atoms with Crippen molar-refractivity contribution in [2.75, 3.05) is 0 Å². The van der Waals surface area contributed by atoms with Crippen molar-refractivity contribution in [1.82, 2.24) is 14.8 Å². The van der Waals surface area contributed by atoms with Crippen molar-refractivity contribution in [3.05, 3.63) is 15.5 Å². The molecule has 0 radical (unpaired) electrons. The summed E-state index contributed by atoms with van der Waals surface area (Å²) in [5.41, 5.74) is -2.34. The number of hydrogen-bond acceptors (Lipinski definition) is 4. The number of amides is 1. The lowest BCUT2D eigenvalue weighted by molar-refractivity contribution is -0.164.